The standard InChI is InChI=1S/C15H22N4O4/c16-14(21)11-3-1-2-10-8-12(20)19(15(22)17-13(10)11)9-18-4-6-23-7-5-18/h10H,1-9H2,(H2,16,21)(H,17,22). The average molecular weight is 322 g/mol. The molecule has 0 spiro atoms. The maximum absolute atomic E-state index is 12.5. The summed E-state index contributed by atoms with van der Waals surface area (Å²) in [4.78, 5) is 39.8. The molecule has 3 aliphatic rings. The first-order valence-corrected chi connectivity index (χ1v) is 8.00. The highest BCUT2D eigenvalue weighted by molar-refractivity contribution is 5.99. The van der Waals surface area contributed by atoms with E-state index in [0.29, 0.717) is 44.0 Å². The molecule has 0 aromatic carbocycles. The van der Waals surface area contributed by atoms with E-state index in [1.807, 2.05) is 4.90 Å². The number of hydrogen-bond acceptors (Lipinski definition) is 5. The van der Waals surface area contributed by atoms with Gasteiger partial charge in [-0.05, 0) is 19.3 Å². The number of allylic oxidation sites excluding steroid dienone is 1. The number of imide groups is 1. The number of nitrogens with zero attached hydrogens (tertiary/aromatic N) is 2. The molecule has 4 amide bonds. The van der Waals surface area contributed by atoms with E-state index in [9.17, 15) is 14.4 Å². The molecule has 2 aliphatic heterocycles. The van der Waals surface area contributed by atoms with E-state index in [1.165, 1.54) is 4.90 Å². The van der Waals surface area contributed by atoms with E-state index in [4.69, 9.17) is 10.5 Å². The van der Waals surface area contributed by atoms with Crippen molar-refractivity contribution in [2.75, 3.05) is 33.0 Å². The zero-order valence-electron chi connectivity index (χ0n) is 13.0. The van der Waals surface area contributed by atoms with Crippen LogP contribution in [0.1, 0.15) is 25.7 Å². The van der Waals surface area contributed by atoms with Crippen LogP contribution in [0.3, 0.4) is 0 Å². The van der Waals surface area contributed by atoms with Crippen LogP contribution in [0.5, 0.6) is 0 Å². The Morgan fingerprint density at radius 3 is 2.74 bits per heavy atom. The average Bonchev–Trinajstić information content (AvgIpc) is 2.65. The lowest BCUT2D eigenvalue weighted by Crippen LogP contribution is -2.50. The van der Waals surface area contributed by atoms with E-state index in [2.05, 4.69) is 5.32 Å². The molecule has 2 saturated heterocycles. The smallest absolute Gasteiger partial charge is 0.329 e. The first-order valence-electron chi connectivity index (χ1n) is 8.00. The molecule has 0 radical (unpaired) electrons. The summed E-state index contributed by atoms with van der Waals surface area (Å²) in [5.74, 6) is -0.851. The van der Waals surface area contributed by atoms with E-state index in [-0.39, 0.29) is 24.9 Å². The van der Waals surface area contributed by atoms with Crippen LogP contribution in [-0.2, 0) is 14.3 Å². The molecule has 0 aromatic rings. The number of nitrogens with one attached hydrogen (secondary N) is 1. The van der Waals surface area contributed by atoms with Crippen molar-refractivity contribution in [3.8, 4) is 0 Å². The number of nitrogens with two attached hydrogens (primary N) is 1. The Balaban J connectivity index is 1.80. The normalized spacial score (nSPS) is 26.6. The third-order valence-electron chi connectivity index (χ3n) is 4.66. The highest BCUT2D eigenvalue weighted by Crippen LogP contribution is 2.33. The molecule has 1 unspecified atom stereocenters. The Hall–Kier alpha value is -1.93. The van der Waals surface area contributed by atoms with Crippen LogP contribution in [0.15, 0.2) is 11.3 Å². The van der Waals surface area contributed by atoms with Crippen molar-refractivity contribution in [1.82, 2.24) is 15.1 Å². The highest BCUT2D eigenvalue weighted by atomic mass is 16.5. The Bertz CT molecular complexity index is 554. The minimum absolute atomic E-state index is 0.127. The zero-order valence-corrected chi connectivity index (χ0v) is 13.0. The number of urea groups is 1. The van der Waals surface area contributed by atoms with E-state index < -0.39 is 11.9 Å². The van der Waals surface area contributed by atoms with Crippen LogP contribution in [0.25, 0.3) is 0 Å². The van der Waals surface area contributed by atoms with Gasteiger partial charge < -0.3 is 15.8 Å². The van der Waals surface area contributed by atoms with E-state index in [0.717, 1.165) is 12.8 Å². The molecule has 2 heterocycles. The molecule has 23 heavy (non-hydrogen) atoms. The number of hydrogen-bond donors (Lipinski definition) is 2. The minimum atomic E-state index is -0.515. The third kappa shape index (κ3) is 3.37. The van der Waals surface area contributed by atoms with Gasteiger partial charge in [0.2, 0.25) is 11.8 Å². The second kappa shape index (κ2) is 6.67. The number of amides is 4. The topological polar surface area (TPSA) is 105 Å². The SMILES string of the molecule is NC(=O)C1=C2NC(=O)N(CN3CCOCC3)C(=O)CC2CCC1. The monoisotopic (exact) mass is 322 g/mol. The van der Waals surface area contributed by atoms with Gasteiger partial charge in [0, 0.05) is 36.7 Å². The lowest BCUT2D eigenvalue weighted by molar-refractivity contribution is -0.131. The summed E-state index contributed by atoms with van der Waals surface area (Å²) in [5, 5.41) is 2.77. The first kappa shape index (κ1) is 15.9. The van der Waals surface area contributed by atoms with Crippen molar-refractivity contribution >= 4 is 17.8 Å². The van der Waals surface area contributed by atoms with Crippen molar-refractivity contribution in [1.29, 1.82) is 0 Å². The van der Waals surface area contributed by atoms with Crippen LogP contribution in [0.4, 0.5) is 4.79 Å². The molecule has 0 aromatic heterocycles. The lowest BCUT2D eigenvalue weighted by Gasteiger charge is -2.30. The van der Waals surface area contributed by atoms with Gasteiger partial charge >= 0.3 is 6.03 Å². The maximum Gasteiger partial charge on any atom is 0.329 e. The van der Waals surface area contributed by atoms with Gasteiger partial charge in [-0.3, -0.25) is 19.4 Å². The number of morpholine rings is 1. The van der Waals surface area contributed by atoms with Gasteiger partial charge in [-0.25, -0.2) is 4.79 Å². The van der Waals surface area contributed by atoms with E-state index in [1.54, 1.807) is 0 Å². The summed E-state index contributed by atoms with van der Waals surface area (Å²) in [5.41, 5.74) is 6.42. The quantitative estimate of drug-likeness (QED) is 0.746. The van der Waals surface area contributed by atoms with Gasteiger partial charge in [0.1, 0.15) is 0 Å². The van der Waals surface area contributed by atoms with Gasteiger partial charge in [-0.1, -0.05) is 0 Å². The predicted octanol–water partition coefficient (Wildman–Crippen LogP) is -0.243. The fourth-order valence-corrected chi connectivity index (χ4v) is 3.39. The first-order chi connectivity index (χ1) is 11.1. The number of carbonyl (C=O) groups is 3. The summed E-state index contributed by atoms with van der Waals surface area (Å²) in [7, 11) is 0. The second-order valence-corrected chi connectivity index (χ2v) is 6.17. The molecular weight excluding hydrogens is 300 g/mol. The van der Waals surface area contributed by atoms with Crippen molar-refractivity contribution in [3.05, 3.63) is 11.3 Å². The van der Waals surface area contributed by atoms with Gasteiger partial charge in [0.15, 0.2) is 0 Å². The van der Waals surface area contributed by atoms with Crippen LogP contribution in [-0.4, -0.2) is 60.6 Å². The number of rotatable bonds is 3. The number of carbonyl (C=O) groups excluding carboxylic acids is 3. The van der Waals surface area contributed by atoms with Crippen LogP contribution >= 0.6 is 0 Å². The van der Waals surface area contributed by atoms with Crippen molar-refractivity contribution in [2.24, 2.45) is 11.7 Å². The van der Waals surface area contributed by atoms with Gasteiger partial charge in [-0.2, -0.15) is 0 Å². The van der Waals surface area contributed by atoms with Gasteiger partial charge in [0.05, 0.1) is 19.9 Å². The molecule has 3 rings (SSSR count). The maximum atomic E-state index is 12.5. The Kier molecular flexibility index (Phi) is 4.63. The molecule has 3 N–H and O–H groups in total. The summed E-state index contributed by atoms with van der Waals surface area (Å²) < 4.78 is 5.28. The number of primary amides is 1. The Morgan fingerprint density at radius 1 is 1.30 bits per heavy atom. The molecule has 0 saturated carbocycles. The van der Waals surface area contributed by atoms with Crippen LogP contribution in [0, 0.1) is 5.92 Å². The van der Waals surface area contributed by atoms with Crippen LogP contribution in [0.2, 0.25) is 0 Å². The summed E-state index contributed by atoms with van der Waals surface area (Å²) >= 11 is 0. The zero-order chi connectivity index (χ0) is 16.4. The lowest BCUT2D eigenvalue weighted by atomic mass is 9.84. The largest absolute Gasteiger partial charge is 0.379 e. The van der Waals surface area contributed by atoms with Gasteiger partial charge in [0.25, 0.3) is 0 Å². The molecule has 2 fully saturated rings. The Labute approximate surface area is 134 Å². The van der Waals surface area contributed by atoms with Crippen molar-refractivity contribution < 1.29 is 19.1 Å². The fraction of sp³-hybridized carbons (Fsp3) is 0.667. The van der Waals surface area contributed by atoms with E-state index >= 15 is 0 Å². The Morgan fingerprint density at radius 2 is 2.04 bits per heavy atom. The van der Waals surface area contributed by atoms with Crippen LogP contribution < -0.4 is 11.1 Å². The van der Waals surface area contributed by atoms with Crippen molar-refractivity contribution in [2.45, 2.75) is 25.7 Å². The fourth-order valence-electron chi connectivity index (χ4n) is 3.39. The highest BCUT2D eigenvalue weighted by Gasteiger charge is 2.36. The van der Waals surface area contributed by atoms with Gasteiger partial charge in [-0.15, -0.1) is 0 Å². The molecular formula is C15H22N4O4. The number of ether oxygens (including phenoxy) is 1. The molecule has 1 atom stereocenters. The van der Waals surface area contributed by atoms with Crippen molar-refractivity contribution in [3.63, 3.8) is 0 Å². The summed E-state index contributed by atoms with van der Waals surface area (Å²) in [6.07, 6.45) is 2.37. The minimum Gasteiger partial charge on any atom is -0.379 e. The molecule has 0 bridgehead atoms. The molecule has 1 aliphatic carbocycles. The summed E-state index contributed by atoms with van der Waals surface area (Å²) in [6.45, 7) is 2.83. The molecule has 126 valence electrons. The molecule has 8 heteroatoms. The predicted molar refractivity (Wildman–Crippen MR) is 80.8 cm³/mol. The number of fused-ring (bicyclic) bond motifs is 1. The molecule has 8 nitrogen and oxygen atoms in total. The third-order valence-corrected chi connectivity index (χ3v) is 4.66. The summed E-state index contributed by atoms with van der Waals surface area (Å²) in [6, 6.07) is -0.473. The second-order valence-electron chi connectivity index (χ2n) is 6.17.